The van der Waals surface area contributed by atoms with Crippen LogP contribution in [0.5, 0.6) is 0 Å². The summed E-state index contributed by atoms with van der Waals surface area (Å²) >= 11 is 6.12. The van der Waals surface area contributed by atoms with Crippen LogP contribution in [-0.2, 0) is 16.0 Å². The molecule has 0 aromatic carbocycles. The van der Waals surface area contributed by atoms with Crippen LogP contribution in [0.15, 0.2) is 0 Å². The number of rotatable bonds is 4. The molecule has 20 heavy (non-hydrogen) atoms. The molecule has 2 atom stereocenters. The van der Waals surface area contributed by atoms with Gasteiger partial charge in [-0.3, -0.25) is 4.79 Å². The number of ether oxygens (including phenoxy) is 1. The predicted octanol–water partition coefficient (Wildman–Crippen LogP) is 2.75. The summed E-state index contributed by atoms with van der Waals surface area (Å²) in [5.74, 6) is 1.37. The van der Waals surface area contributed by atoms with Crippen LogP contribution in [0.1, 0.15) is 37.6 Å². The Balaban J connectivity index is 2.08. The number of hydrogen-bond donors (Lipinski definition) is 1. The van der Waals surface area contributed by atoms with Crippen molar-refractivity contribution in [2.45, 2.75) is 45.6 Å². The molecule has 1 aromatic rings. The number of aromatic nitrogens is 2. The lowest BCUT2D eigenvalue weighted by molar-refractivity contribution is -0.145. The third-order valence-corrected chi connectivity index (χ3v) is 4.12. The second kappa shape index (κ2) is 6.39. The minimum atomic E-state index is -0.124. The van der Waals surface area contributed by atoms with E-state index in [0.29, 0.717) is 5.15 Å². The number of carbonyl (C=O) groups is 1. The van der Waals surface area contributed by atoms with Gasteiger partial charge in [-0.1, -0.05) is 18.5 Å². The van der Waals surface area contributed by atoms with Crippen molar-refractivity contribution in [3.05, 3.63) is 16.5 Å². The lowest BCUT2D eigenvalue weighted by atomic mass is 10.1. The van der Waals surface area contributed by atoms with Crippen molar-refractivity contribution in [1.29, 1.82) is 0 Å². The summed E-state index contributed by atoms with van der Waals surface area (Å²) in [6.45, 7) is 3.89. The van der Waals surface area contributed by atoms with Gasteiger partial charge in [0.1, 0.15) is 16.8 Å². The molecule has 2 rings (SSSR count). The Morgan fingerprint density at radius 2 is 2.20 bits per heavy atom. The van der Waals surface area contributed by atoms with Gasteiger partial charge in [0.05, 0.1) is 13.0 Å². The number of nitrogens with zero attached hydrogens (tertiary/aromatic N) is 2. The summed E-state index contributed by atoms with van der Waals surface area (Å²) in [7, 11) is 1.44. The van der Waals surface area contributed by atoms with Crippen molar-refractivity contribution in [2.24, 2.45) is 5.92 Å². The lowest BCUT2D eigenvalue weighted by Crippen LogP contribution is -2.20. The van der Waals surface area contributed by atoms with Gasteiger partial charge < -0.3 is 10.1 Å². The third kappa shape index (κ3) is 3.20. The summed E-state index contributed by atoms with van der Waals surface area (Å²) in [4.78, 5) is 20.2. The van der Waals surface area contributed by atoms with Crippen LogP contribution < -0.4 is 5.32 Å². The fraction of sp³-hybridized carbons (Fsp3) is 0.643. The average Bonchev–Trinajstić information content (AvgIpc) is 2.91. The Morgan fingerprint density at radius 1 is 1.45 bits per heavy atom. The molecule has 0 unspecified atom stereocenters. The first-order valence-electron chi connectivity index (χ1n) is 6.92. The highest BCUT2D eigenvalue weighted by Gasteiger charge is 2.31. The molecule has 1 saturated carbocycles. The molecule has 0 aliphatic heterocycles. The van der Waals surface area contributed by atoms with Crippen LogP contribution >= 0.6 is 11.6 Å². The van der Waals surface area contributed by atoms with E-state index in [1.165, 1.54) is 7.11 Å². The number of anilines is 1. The predicted molar refractivity (Wildman–Crippen MR) is 77.9 cm³/mol. The van der Waals surface area contributed by atoms with Crippen LogP contribution in [-0.4, -0.2) is 29.1 Å². The van der Waals surface area contributed by atoms with E-state index >= 15 is 0 Å². The van der Waals surface area contributed by atoms with E-state index in [0.717, 1.165) is 42.9 Å². The van der Waals surface area contributed by atoms with Crippen LogP contribution in [0.4, 0.5) is 5.82 Å². The first-order chi connectivity index (χ1) is 9.55. The maximum Gasteiger partial charge on any atom is 0.308 e. The molecule has 0 amide bonds. The largest absolute Gasteiger partial charge is 0.469 e. The van der Waals surface area contributed by atoms with Crippen LogP contribution in [0.3, 0.4) is 0 Å². The molecule has 1 aromatic heterocycles. The van der Waals surface area contributed by atoms with E-state index in [-0.39, 0.29) is 17.9 Å². The van der Waals surface area contributed by atoms with Gasteiger partial charge in [0, 0.05) is 18.0 Å². The molecule has 0 saturated heterocycles. The van der Waals surface area contributed by atoms with Crippen LogP contribution in [0.2, 0.25) is 5.15 Å². The zero-order valence-corrected chi connectivity index (χ0v) is 12.8. The van der Waals surface area contributed by atoms with Gasteiger partial charge in [-0.2, -0.15) is 0 Å². The standard InChI is InChI=1S/C14H20ClN3O2/c1-4-11-17-12(15)8(2)13(18-11)16-10-6-5-9(7-10)14(19)20-3/h9-10H,4-7H2,1-3H3,(H,16,17,18)/t9-,10+/m0/s1. The number of nitrogens with one attached hydrogen (secondary N) is 1. The van der Waals surface area contributed by atoms with Crippen LogP contribution in [0.25, 0.3) is 0 Å². The van der Waals surface area contributed by atoms with Crippen molar-refractivity contribution in [2.75, 3.05) is 12.4 Å². The Labute approximate surface area is 124 Å². The fourth-order valence-electron chi connectivity index (χ4n) is 2.52. The number of methoxy groups -OCH3 is 1. The van der Waals surface area contributed by atoms with Gasteiger partial charge in [0.2, 0.25) is 0 Å². The molecule has 1 N–H and O–H groups in total. The van der Waals surface area contributed by atoms with Crippen molar-refractivity contribution in [3.8, 4) is 0 Å². The summed E-state index contributed by atoms with van der Waals surface area (Å²) in [6.07, 6.45) is 3.30. The van der Waals surface area contributed by atoms with Gasteiger partial charge in [-0.25, -0.2) is 9.97 Å². The summed E-state index contributed by atoms with van der Waals surface area (Å²) in [5, 5.41) is 3.88. The maximum atomic E-state index is 11.5. The minimum Gasteiger partial charge on any atom is -0.469 e. The Kier molecular flexibility index (Phi) is 4.81. The number of hydrogen-bond acceptors (Lipinski definition) is 5. The zero-order chi connectivity index (χ0) is 14.7. The molecular weight excluding hydrogens is 278 g/mol. The van der Waals surface area contributed by atoms with E-state index in [2.05, 4.69) is 15.3 Å². The topological polar surface area (TPSA) is 64.1 Å². The number of esters is 1. The normalized spacial score (nSPS) is 21.8. The first kappa shape index (κ1) is 15.0. The summed E-state index contributed by atoms with van der Waals surface area (Å²) < 4.78 is 4.80. The molecule has 0 spiro atoms. The molecule has 5 nitrogen and oxygen atoms in total. The number of halogens is 1. The van der Waals surface area contributed by atoms with E-state index in [4.69, 9.17) is 16.3 Å². The number of aryl methyl sites for hydroxylation is 1. The third-order valence-electron chi connectivity index (χ3n) is 3.76. The Morgan fingerprint density at radius 3 is 2.85 bits per heavy atom. The van der Waals surface area contributed by atoms with Crippen molar-refractivity contribution >= 4 is 23.4 Å². The van der Waals surface area contributed by atoms with Crippen molar-refractivity contribution < 1.29 is 9.53 Å². The molecule has 0 radical (unpaired) electrons. The maximum absolute atomic E-state index is 11.5. The van der Waals surface area contributed by atoms with Crippen molar-refractivity contribution in [3.63, 3.8) is 0 Å². The van der Waals surface area contributed by atoms with Crippen molar-refractivity contribution in [1.82, 2.24) is 9.97 Å². The van der Waals surface area contributed by atoms with Gasteiger partial charge in [0.15, 0.2) is 0 Å². The van der Waals surface area contributed by atoms with Crippen LogP contribution in [0, 0.1) is 12.8 Å². The SMILES string of the molecule is CCc1nc(Cl)c(C)c(N[C@@H]2CC[C@H](C(=O)OC)C2)n1. The molecular formula is C14H20ClN3O2. The highest BCUT2D eigenvalue weighted by molar-refractivity contribution is 6.30. The Bertz CT molecular complexity index is 507. The fourth-order valence-corrected chi connectivity index (χ4v) is 2.71. The van der Waals surface area contributed by atoms with E-state index in [1.54, 1.807) is 0 Å². The highest BCUT2D eigenvalue weighted by Crippen LogP contribution is 2.30. The molecule has 6 heteroatoms. The van der Waals surface area contributed by atoms with E-state index < -0.39 is 0 Å². The quantitative estimate of drug-likeness (QED) is 0.684. The van der Waals surface area contributed by atoms with Gasteiger partial charge in [-0.05, 0) is 26.2 Å². The smallest absolute Gasteiger partial charge is 0.308 e. The zero-order valence-electron chi connectivity index (χ0n) is 12.1. The summed E-state index contributed by atoms with van der Waals surface area (Å²) in [5.41, 5.74) is 0.852. The number of carbonyl (C=O) groups excluding carboxylic acids is 1. The molecule has 1 heterocycles. The van der Waals surface area contributed by atoms with Gasteiger partial charge in [-0.15, -0.1) is 0 Å². The minimum absolute atomic E-state index is 0.0132. The molecule has 110 valence electrons. The van der Waals surface area contributed by atoms with Gasteiger partial charge >= 0.3 is 5.97 Å². The molecule has 1 aliphatic rings. The average molecular weight is 298 g/mol. The van der Waals surface area contributed by atoms with E-state index in [9.17, 15) is 4.79 Å². The monoisotopic (exact) mass is 297 g/mol. The highest BCUT2D eigenvalue weighted by atomic mass is 35.5. The second-order valence-corrected chi connectivity index (χ2v) is 5.49. The Hall–Kier alpha value is -1.36. The second-order valence-electron chi connectivity index (χ2n) is 5.13. The summed E-state index contributed by atoms with van der Waals surface area (Å²) in [6, 6.07) is 0.230. The van der Waals surface area contributed by atoms with E-state index in [1.807, 2.05) is 13.8 Å². The van der Waals surface area contributed by atoms with Gasteiger partial charge in [0.25, 0.3) is 0 Å². The molecule has 1 fully saturated rings. The first-order valence-corrected chi connectivity index (χ1v) is 7.30. The lowest BCUT2D eigenvalue weighted by Gasteiger charge is -2.16. The molecule has 1 aliphatic carbocycles. The molecule has 0 bridgehead atoms.